The molecule has 1 aromatic heterocycles. The van der Waals surface area contributed by atoms with E-state index in [1.807, 2.05) is 43.3 Å². The van der Waals surface area contributed by atoms with Gasteiger partial charge in [0, 0.05) is 6.20 Å². The summed E-state index contributed by atoms with van der Waals surface area (Å²) in [5.74, 6) is -0.301. The lowest BCUT2D eigenvalue weighted by molar-refractivity contribution is 0.0950. The van der Waals surface area contributed by atoms with Crippen molar-refractivity contribution in [3.05, 3.63) is 89.7 Å². The van der Waals surface area contributed by atoms with Gasteiger partial charge in [-0.1, -0.05) is 74.5 Å². The minimum atomic E-state index is -0.301. The maximum absolute atomic E-state index is 12.3. The lowest BCUT2D eigenvalue weighted by Crippen LogP contribution is -2.21. The minimum Gasteiger partial charge on any atom is -0.266 e. The Morgan fingerprint density at radius 1 is 0.926 bits per heavy atom. The van der Waals surface area contributed by atoms with Crippen molar-refractivity contribution in [1.29, 1.82) is 0 Å². The molecule has 0 aliphatic heterocycles. The minimum absolute atomic E-state index is 0.301. The molecule has 0 aliphatic carbocycles. The molecule has 4 nitrogen and oxygen atoms in total. The summed E-state index contributed by atoms with van der Waals surface area (Å²) in [6.07, 6.45) is 3.33. The number of hydrazone groups is 1. The number of nitrogens with zero attached hydrogens (tertiary/aromatic N) is 2. The van der Waals surface area contributed by atoms with Crippen LogP contribution >= 0.6 is 0 Å². The summed E-state index contributed by atoms with van der Waals surface area (Å²) in [5.41, 5.74) is 8.23. The van der Waals surface area contributed by atoms with Crippen molar-refractivity contribution >= 4 is 11.6 Å². The van der Waals surface area contributed by atoms with E-state index in [9.17, 15) is 4.79 Å². The molecule has 1 heterocycles. The first-order valence-corrected chi connectivity index (χ1v) is 9.19. The van der Waals surface area contributed by atoms with E-state index in [0.717, 1.165) is 28.8 Å². The van der Waals surface area contributed by atoms with Crippen molar-refractivity contribution < 1.29 is 4.79 Å². The summed E-state index contributed by atoms with van der Waals surface area (Å²) in [6, 6.07) is 22.1. The normalized spacial score (nSPS) is 11.3. The van der Waals surface area contributed by atoms with Gasteiger partial charge >= 0.3 is 0 Å². The van der Waals surface area contributed by atoms with Gasteiger partial charge in [0.1, 0.15) is 5.69 Å². The van der Waals surface area contributed by atoms with Crippen LogP contribution in [0.1, 0.15) is 41.9 Å². The van der Waals surface area contributed by atoms with Crippen LogP contribution in [0.2, 0.25) is 0 Å². The molecule has 0 atom stereocenters. The van der Waals surface area contributed by atoms with Crippen LogP contribution in [-0.2, 0) is 6.42 Å². The van der Waals surface area contributed by atoms with E-state index in [2.05, 4.69) is 46.7 Å². The van der Waals surface area contributed by atoms with Crippen molar-refractivity contribution in [2.24, 2.45) is 5.10 Å². The molecule has 1 amide bonds. The zero-order chi connectivity index (χ0) is 19.1. The molecule has 3 aromatic rings. The SMILES string of the molecule is CC/C(=N\NC(=O)c1ccc(CC)cn1)c1ccc(-c2ccccc2)cc1. The predicted octanol–water partition coefficient (Wildman–Crippen LogP) is 4.86. The third-order valence-electron chi connectivity index (χ3n) is 4.42. The van der Waals surface area contributed by atoms with Gasteiger partial charge in [-0.3, -0.25) is 9.78 Å². The Hall–Kier alpha value is -3.27. The van der Waals surface area contributed by atoms with Gasteiger partial charge in [-0.05, 0) is 41.2 Å². The number of aromatic nitrogens is 1. The van der Waals surface area contributed by atoms with Crippen molar-refractivity contribution in [3.63, 3.8) is 0 Å². The van der Waals surface area contributed by atoms with Crippen LogP contribution in [0.4, 0.5) is 0 Å². The fourth-order valence-corrected chi connectivity index (χ4v) is 2.78. The Morgan fingerprint density at radius 3 is 2.22 bits per heavy atom. The molecule has 0 saturated carbocycles. The van der Waals surface area contributed by atoms with Gasteiger partial charge in [0.05, 0.1) is 5.71 Å². The highest BCUT2D eigenvalue weighted by Gasteiger charge is 2.08. The van der Waals surface area contributed by atoms with Crippen LogP contribution in [0.3, 0.4) is 0 Å². The third kappa shape index (κ3) is 4.67. The fourth-order valence-electron chi connectivity index (χ4n) is 2.78. The first-order chi connectivity index (χ1) is 13.2. The molecule has 0 aliphatic rings. The van der Waals surface area contributed by atoms with Crippen molar-refractivity contribution in [2.45, 2.75) is 26.7 Å². The van der Waals surface area contributed by atoms with Crippen LogP contribution in [0, 0.1) is 0 Å². The molecule has 27 heavy (non-hydrogen) atoms. The number of benzene rings is 2. The van der Waals surface area contributed by atoms with E-state index in [0.29, 0.717) is 12.1 Å². The van der Waals surface area contributed by atoms with Crippen molar-refractivity contribution in [1.82, 2.24) is 10.4 Å². The molecule has 2 aromatic carbocycles. The van der Waals surface area contributed by atoms with Crippen LogP contribution < -0.4 is 5.43 Å². The predicted molar refractivity (Wildman–Crippen MR) is 110 cm³/mol. The van der Waals surface area contributed by atoms with E-state index < -0.39 is 0 Å². The molecule has 0 unspecified atom stereocenters. The topological polar surface area (TPSA) is 54.4 Å². The molecule has 0 saturated heterocycles. The van der Waals surface area contributed by atoms with E-state index in [4.69, 9.17) is 0 Å². The highest BCUT2D eigenvalue weighted by Crippen LogP contribution is 2.19. The second-order valence-corrected chi connectivity index (χ2v) is 6.20. The van der Waals surface area contributed by atoms with Crippen LogP contribution in [0.25, 0.3) is 11.1 Å². The van der Waals surface area contributed by atoms with Gasteiger partial charge in [-0.2, -0.15) is 5.10 Å². The monoisotopic (exact) mass is 357 g/mol. The van der Waals surface area contributed by atoms with Gasteiger partial charge in [0.15, 0.2) is 0 Å². The summed E-state index contributed by atoms with van der Waals surface area (Å²) in [4.78, 5) is 16.4. The number of hydrogen-bond donors (Lipinski definition) is 1. The van der Waals surface area contributed by atoms with E-state index in [1.165, 1.54) is 5.56 Å². The summed E-state index contributed by atoms with van der Waals surface area (Å²) in [5, 5.41) is 4.31. The molecule has 1 N–H and O–H groups in total. The maximum atomic E-state index is 12.3. The number of carbonyl (C=O) groups is 1. The summed E-state index contributed by atoms with van der Waals surface area (Å²) < 4.78 is 0. The molecule has 136 valence electrons. The molecule has 0 fully saturated rings. The second kappa shape index (κ2) is 8.90. The first kappa shape index (κ1) is 18.5. The quantitative estimate of drug-likeness (QED) is 0.506. The first-order valence-electron chi connectivity index (χ1n) is 9.19. The molecule has 0 spiro atoms. The van der Waals surface area contributed by atoms with E-state index in [1.54, 1.807) is 12.3 Å². The average Bonchev–Trinajstić information content (AvgIpc) is 2.75. The summed E-state index contributed by atoms with van der Waals surface area (Å²) in [7, 11) is 0. The maximum Gasteiger partial charge on any atom is 0.289 e. The Kier molecular flexibility index (Phi) is 6.10. The van der Waals surface area contributed by atoms with E-state index in [-0.39, 0.29) is 5.91 Å². The Balaban J connectivity index is 1.72. The average molecular weight is 357 g/mol. The Labute approximate surface area is 160 Å². The summed E-state index contributed by atoms with van der Waals surface area (Å²) in [6.45, 7) is 4.07. The summed E-state index contributed by atoms with van der Waals surface area (Å²) >= 11 is 0. The number of pyridine rings is 1. The zero-order valence-electron chi connectivity index (χ0n) is 15.6. The Morgan fingerprint density at radius 2 is 1.63 bits per heavy atom. The van der Waals surface area contributed by atoms with Crippen LogP contribution in [0.15, 0.2) is 78.0 Å². The largest absolute Gasteiger partial charge is 0.289 e. The molecule has 3 rings (SSSR count). The number of carbonyl (C=O) groups excluding carboxylic acids is 1. The van der Waals surface area contributed by atoms with Crippen LogP contribution in [-0.4, -0.2) is 16.6 Å². The van der Waals surface area contributed by atoms with Crippen LogP contribution in [0.5, 0.6) is 0 Å². The fraction of sp³-hybridized carbons (Fsp3) is 0.174. The highest BCUT2D eigenvalue weighted by molar-refractivity contribution is 6.02. The molecule has 4 heteroatoms. The standard InChI is InChI=1S/C23H23N3O/c1-3-17-10-15-22(24-16-17)23(27)26-25-21(4-2)20-13-11-19(12-14-20)18-8-6-5-7-9-18/h5-16H,3-4H2,1-2H3,(H,26,27)/b25-21+. The van der Waals surface area contributed by atoms with E-state index >= 15 is 0 Å². The third-order valence-corrected chi connectivity index (χ3v) is 4.42. The number of nitrogens with one attached hydrogen (secondary N) is 1. The second-order valence-electron chi connectivity index (χ2n) is 6.20. The molecule has 0 bridgehead atoms. The van der Waals surface area contributed by atoms with Gasteiger partial charge in [-0.25, -0.2) is 5.43 Å². The zero-order valence-corrected chi connectivity index (χ0v) is 15.6. The van der Waals surface area contributed by atoms with Gasteiger partial charge in [0.2, 0.25) is 0 Å². The van der Waals surface area contributed by atoms with Crippen molar-refractivity contribution in [2.75, 3.05) is 0 Å². The lowest BCUT2D eigenvalue weighted by atomic mass is 10.0. The lowest BCUT2D eigenvalue weighted by Gasteiger charge is -2.07. The highest BCUT2D eigenvalue weighted by atomic mass is 16.2. The smallest absolute Gasteiger partial charge is 0.266 e. The molecular formula is C23H23N3O. The number of hydrogen-bond acceptors (Lipinski definition) is 3. The number of amides is 1. The molecule has 0 radical (unpaired) electrons. The molecular weight excluding hydrogens is 334 g/mol. The number of rotatable bonds is 6. The van der Waals surface area contributed by atoms with Gasteiger partial charge < -0.3 is 0 Å². The number of aryl methyl sites for hydroxylation is 1. The van der Waals surface area contributed by atoms with Crippen molar-refractivity contribution in [3.8, 4) is 11.1 Å². The van der Waals surface area contributed by atoms with Gasteiger partial charge in [-0.15, -0.1) is 0 Å². The van der Waals surface area contributed by atoms with Gasteiger partial charge in [0.25, 0.3) is 5.91 Å². The Bertz CT molecular complexity index is 914.